The van der Waals surface area contributed by atoms with Crippen LogP contribution in [0.25, 0.3) is 10.2 Å². The van der Waals surface area contributed by atoms with Gasteiger partial charge in [-0.1, -0.05) is 42.7 Å². The van der Waals surface area contributed by atoms with Crippen LogP contribution in [0, 0.1) is 5.92 Å². The Morgan fingerprint density at radius 2 is 2.09 bits per heavy atom. The summed E-state index contributed by atoms with van der Waals surface area (Å²) in [4.78, 5) is 17.8. The van der Waals surface area contributed by atoms with Crippen LogP contribution in [-0.4, -0.2) is 23.7 Å². The number of benzene rings is 1. The molecule has 0 saturated heterocycles. The van der Waals surface area contributed by atoms with Gasteiger partial charge < -0.3 is 9.30 Å². The van der Waals surface area contributed by atoms with Crippen molar-refractivity contribution in [1.82, 2.24) is 4.57 Å². The van der Waals surface area contributed by atoms with Crippen LogP contribution in [-0.2, 0) is 16.1 Å². The zero-order valence-electron chi connectivity index (χ0n) is 13.7. The van der Waals surface area contributed by atoms with Crippen molar-refractivity contribution >= 4 is 27.5 Å². The van der Waals surface area contributed by atoms with E-state index in [4.69, 9.17) is 4.74 Å². The van der Waals surface area contributed by atoms with E-state index in [0.717, 1.165) is 42.5 Å². The van der Waals surface area contributed by atoms with Crippen molar-refractivity contribution in [3.05, 3.63) is 29.1 Å². The fourth-order valence-corrected chi connectivity index (χ4v) is 4.22. The normalized spacial score (nSPS) is 17.0. The van der Waals surface area contributed by atoms with E-state index in [0.29, 0.717) is 13.2 Å². The average molecular weight is 332 g/mol. The maximum Gasteiger partial charge on any atom is 0.251 e. The number of rotatable bonds is 5. The number of aromatic nitrogens is 1. The molecule has 5 heteroatoms. The molecule has 124 valence electrons. The molecule has 1 aromatic carbocycles. The second-order valence-corrected chi connectivity index (χ2v) is 6.99. The third-order valence-corrected chi connectivity index (χ3v) is 5.47. The predicted molar refractivity (Wildman–Crippen MR) is 93.5 cm³/mol. The van der Waals surface area contributed by atoms with Crippen LogP contribution < -0.4 is 4.80 Å². The van der Waals surface area contributed by atoms with Crippen molar-refractivity contribution in [3.63, 3.8) is 0 Å². The van der Waals surface area contributed by atoms with E-state index in [1.54, 1.807) is 11.3 Å². The minimum atomic E-state index is 0.0569. The first-order valence-electron chi connectivity index (χ1n) is 8.54. The lowest BCUT2D eigenvalue weighted by Crippen LogP contribution is -2.23. The van der Waals surface area contributed by atoms with Crippen molar-refractivity contribution in [2.24, 2.45) is 10.9 Å². The van der Waals surface area contributed by atoms with Gasteiger partial charge in [0.05, 0.1) is 16.8 Å². The largest absolute Gasteiger partial charge is 0.380 e. The molecule has 0 bridgehead atoms. The lowest BCUT2D eigenvalue weighted by Gasteiger charge is -2.17. The number of fused-ring (bicyclic) bond motifs is 1. The topological polar surface area (TPSA) is 43.6 Å². The zero-order valence-corrected chi connectivity index (χ0v) is 14.5. The fraction of sp³-hybridized carbons (Fsp3) is 0.556. The predicted octanol–water partition coefficient (Wildman–Crippen LogP) is 3.75. The van der Waals surface area contributed by atoms with Gasteiger partial charge in [-0.3, -0.25) is 4.79 Å². The summed E-state index contributed by atoms with van der Waals surface area (Å²) in [6.07, 6.45) is 5.55. The summed E-state index contributed by atoms with van der Waals surface area (Å²) in [5.74, 6) is 0.177. The number of hydrogen-bond donors (Lipinski definition) is 0. The highest BCUT2D eigenvalue weighted by atomic mass is 32.1. The Morgan fingerprint density at radius 3 is 2.87 bits per heavy atom. The van der Waals surface area contributed by atoms with Crippen molar-refractivity contribution in [2.75, 3.05) is 13.2 Å². The summed E-state index contributed by atoms with van der Waals surface area (Å²) in [6.45, 7) is 4.07. The molecule has 0 N–H and O–H groups in total. The van der Waals surface area contributed by atoms with E-state index in [1.165, 1.54) is 11.1 Å². The molecule has 2 aromatic rings. The Hall–Kier alpha value is -1.46. The molecule has 1 saturated carbocycles. The molecule has 4 nitrogen and oxygen atoms in total. The summed E-state index contributed by atoms with van der Waals surface area (Å²) in [7, 11) is 0. The number of thiazole rings is 1. The number of carbonyl (C=O) groups is 1. The van der Waals surface area contributed by atoms with Gasteiger partial charge in [0.1, 0.15) is 0 Å². The van der Waals surface area contributed by atoms with Crippen molar-refractivity contribution in [2.45, 2.75) is 45.6 Å². The third-order valence-electron chi connectivity index (χ3n) is 4.41. The second kappa shape index (κ2) is 7.88. The lowest BCUT2D eigenvalue weighted by atomic mass is 9.89. The summed E-state index contributed by atoms with van der Waals surface area (Å²) in [6, 6.07) is 8.22. The number of para-hydroxylation sites is 1. The van der Waals surface area contributed by atoms with E-state index in [1.807, 2.05) is 19.1 Å². The molecular weight excluding hydrogens is 308 g/mol. The minimum Gasteiger partial charge on any atom is -0.380 e. The maximum absolute atomic E-state index is 12.5. The molecule has 1 heterocycles. The molecule has 3 rings (SSSR count). The fourth-order valence-electron chi connectivity index (χ4n) is 3.16. The molecular formula is C18H24N2O2S. The van der Waals surface area contributed by atoms with Gasteiger partial charge in [0.2, 0.25) is 0 Å². The zero-order chi connectivity index (χ0) is 16.1. The van der Waals surface area contributed by atoms with Crippen molar-refractivity contribution in [1.29, 1.82) is 0 Å². The Labute approximate surface area is 140 Å². The van der Waals surface area contributed by atoms with Crippen LogP contribution in [0.2, 0.25) is 0 Å². The Bertz CT molecular complexity index is 726. The maximum atomic E-state index is 12.5. The molecule has 0 unspecified atom stereocenters. The molecule has 1 aliphatic carbocycles. The van der Waals surface area contributed by atoms with E-state index >= 15 is 0 Å². The monoisotopic (exact) mass is 332 g/mol. The molecule has 1 aromatic heterocycles. The SMILES string of the molecule is CCOCCn1c(=NC(=O)C2CCCCC2)sc2ccccc21. The van der Waals surface area contributed by atoms with Gasteiger partial charge in [-0.2, -0.15) is 4.99 Å². The molecule has 1 amide bonds. The van der Waals surface area contributed by atoms with Crippen LogP contribution in [0.15, 0.2) is 29.3 Å². The van der Waals surface area contributed by atoms with Gasteiger partial charge in [0.25, 0.3) is 5.91 Å². The molecule has 0 aliphatic heterocycles. The first kappa shape index (κ1) is 16.4. The second-order valence-electron chi connectivity index (χ2n) is 5.99. The van der Waals surface area contributed by atoms with Gasteiger partial charge in [-0.25, -0.2) is 0 Å². The van der Waals surface area contributed by atoms with Gasteiger partial charge in [-0.15, -0.1) is 0 Å². The van der Waals surface area contributed by atoms with Crippen molar-refractivity contribution in [3.8, 4) is 0 Å². The van der Waals surface area contributed by atoms with Gasteiger partial charge >= 0.3 is 0 Å². The highest BCUT2D eigenvalue weighted by molar-refractivity contribution is 7.16. The summed E-state index contributed by atoms with van der Waals surface area (Å²) in [5, 5.41) is 0. The lowest BCUT2D eigenvalue weighted by molar-refractivity contribution is -0.122. The Balaban J connectivity index is 1.92. The van der Waals surface area contributed by atoms with Gasteiger partial charge in [-0.05, 0) is 31.9 Å². The smallest absolute Gasteiger partial charge is 0.251 e. The highest BCUT2D eigenvalue weighted by Crippen LogP contribution is 2.24. The number of nitrogens with zero attached hydrogens (tertiary/aromatic N) is 2. The molecule has 0 atom stereocenters. The number of carbonyl (C=O) groups excluding carboxylic acids is 1. The first-order chi connectivity index (χ1) is 11.3. The average Bonchev–Trinajstić information content (AvgIpc) is 2.93. The van der Waals surface area contributed by atoms with Crippen LogP contribution in [0.5, 0.6) is 0 Å². The molecule has 23 heavy (non-hydrogen) atoms. The Morgan fingerprint density at radius 1 is 1.30 bits per heavy atom. The molecule has 0 radical (unpaired) electrons. The molecule has 1 fully saturated rings. The molecule has 0 spiro atoms. The van der Waals surface area contributed by atoms with Crippen LogP contribution in [0.3, 0.4) is 0 Å². The number of hydrogen-bond acceptors (Lipinski definition) is 3. The van der Waals surface area contributed by atoms with Gasteiger partial charge in [0, 0.05) is 19.1 Å². The van der Waals surface area contributed by atoms with E-state index in [-0.39, 0.29) is 11.8 Å². The summed E-state index contributed by atoms with van der Waals surface area (Å²) >= 11 is 1.59. The number of ether oxygens (including phenoxy) is 1. The first-order valence-corrected chi connectivity index (χ1v) is 9.36. The standard InChI is InChI=1S/C18H24N2O2S/c1-2-22-13-12-20-15-10-6-7-11-16(15)23-18(20)19-17(21)14-8-4-3-5-9-14/h6-7,10-11,14H,2-5,8-9,12-13H2,1H3. The number of amides is 1. The van der Waals surface area contributed by atoms with Crippen LogP contribution >= 0.6 is 11.3 Å². The van der Waals surface area contributed by atoms with Crippen LogP contribution in [0.1, 0.15) is 39.0 Å². The highest BCUT2D eigenvalue weighted by Gasteiger charge is 2.21. The molecule has 1 aliphatic rings. The van der Waals surface area contributed by atoms with E-state index in [2.05, 4.69) is 21.7 Å². The third kappa shape index (κ3) is 3.90. The van der Waals surface area contributed by atoms with E-state index in [9.17, 15) is 4.79 Å². The van der Waals surface area contributed by atoms with Crippen LogP contribution in [0.4, 0.5) is 0 Å². The van der Waals surface area contributed by atoms with E-state index < -0.39 is 0 Å². The summed E-state index contributed by atoms with van der Waals surface area (Å²) < 4.78 is 8.78. The summed E-state index contributed by atoms with van der Waals surface area (Å²) in [5.41, 5.74) is 1.13. The minimum absolute atomic E-state index is 0.0569. The quantitative estimate of drug-likeness (QED) is 0.783. The van der Waals surface area contributed by atoms with Crippen molar-refractivity contribution < 1.29 is 9.53 Å². The van der Waals surface area contributed by atoms with Gasteiger partial charge in [0.15, 0.2) is 4.80 Å². The Kier molecular flexibility index (Phi) is 5.62.